The molecular formula is C16H27NO3. The van der Waals surface area contributed by atoms with Gasteiger partial charge in [-0.3, -0.25) is 0 Å². The third-order valence-corrected chi connectivity index (χ3v) is 3.43. The minimum absolute atomic E-state index is 0.253. The first-order chi connectivity index (χ1) is 9.76. The molecule has 2 N–H and O–H groups in total. The van der Waals surface area contributed by atoms with Crippen LogP contribution in [0, 0.1) is 5.92 Å². The van der Waals surface area contributed by atoms with Gasteiger partial charge in [-0.1, -0.05) is 25.5 Å². The molecule has 0 aromatic heterocycles. The Morgan fingerprint density at radius 1 is 1.30 bits per heavy atom. The maximum Gasteiger partial charge on any atom is 0.165 e. The van der Waals surface area contributed by atoms with Gasteiger partial charge in [0.15, 0.2) is 11.5 Å². The molecule has 0 heterocycles. The van der Waals surface area contributed by atoms with Crippen molar-refractivity contribution < 1.29 is 14.6 Å². The molecule has 0 aliphatic rings. The molecule has 1 rings (SSSR count). The second-order valence-electron chi connectivity index (χ2n) is 4.80. The molecule has 0 aliphatic carbocycles. The number of benzene rings is 1. The molecule has 0 spiro atoms. The molecule has 4 nitrogen and oxygen atoms in total. The fourth-order valence-electron chi connectivity index (χ4n) is 2.25. The normalized spacial score (nSPS) is 12.2. The summed E-state index contributed by atoms with van der Waals surface area (Å²) < 4.78 is 11.0. The van der Waals surface area contributed by atoms with Crippen molar-refractivity contribution in [1.82, 2.24) is 5.32 Å². The van der Waals surface area contributed by atoms with Gasteiger partial charge in [-0.2, -0.15) is 0 Å². The monoisotopic (exact) mass is 281 g/mol. The summed E-state index contributed by atoms with van der Waals surface area (Å²) in [5.74, 6) is 2.11. The highest BCUT2D eigenvalue weighted by molar-refractivity contribution is 5.46. The van der Waals surface area contributed by atoms with Crippen molar-refractivity contribution in [1.29, 1.82) is 0 Å². The third-order valence-electron chi connectivity index (χ3n) is 3.43. The first-order valence-electron chi connectivity index (χ1n) is 7.37. The fourth-order valence-corrected chi connectivity index (χ4v) is 2.25. The maximum absolute atomic E-state index is 9.00. The van der Waals surface area contributed by atoms with Crippen LogP contribution in [0.5, 0.6) is 11.5 Å². The van der Waals surface area contributed by atoms with E-state index >= 15 is 0 Å². The summed E-state index contributed by atoms with van der Waals surface area (Å²) in [6, 6.07) is 5.95. The molecule has 1 aromatic carbocycles. The minimum atomic E-state index is 0.253. The van der Waals surface area contributed by atoms with Crippen molar-refractivity contribution in [2.45, 2.75) is 33.2 Å². The summed E-state index contributed by atoms with van der Waals surface area (Å²) in [4.78, 5) is 0. The standard InChI is InChI=1S/C16H27NO3/c1-4-13(9-10-18)11-17-12-14-7-6-8-15(20-5-2)16(14)19-3/h6-8,13,17-18H,4-5,9-12H2,1-3H3. The number of ether oxygens (including phenoxy) is 2. The summed E-state index contributed by atoms with van der Waals surface area (Å²) in [7, 11) is 1.67. The summed E-state index contributed by atoms with van der Waals surface area (Å²) in [5.41, 5.74) is 1.09. The number of aliphatic hydroxyl groups excluding tert-OH is 1. The maximum atomic E-state index is 9.00. The lowest BCUT2D eigenvalue weighted by atomic mass is 10.0. The molecule has 0 radical (unpaired) electrons. The first kappa shape index (κ1) is 16.8. The van der Waals surface area contributed by atoms with Crippen molar-refractivity contribution >= 4 is 0 Å². The average molecular weight is 281 g/mol. The molecule has 114 valence electrons. The Morgan fingerprint density at radius 3 is 2.70 bits per heavy atom. The average Bonchev–Trinajstić information content (AvgIpc) is 2.47. The molecule has 1 atom stereocenters. The minimum Gasteiger partial charge on any atom is -0.493 e. The molecule has 1 unspecified atom stereocenters. The van der Waals surface area contributed by atoms with Crippen LogP contribution in [0.3, 0.4) is 0 Å². The Labute approximate surface area is 122 Å². The Hall–Kier alpha value is -1.26. The van der Waals surface area contributed by atoms with Gasteiger partial charge >= 0.3 is 0 Å². The van der Waals surface area contributed by atoms with Gasteiger partial charge in [0, 0.05) is 18.7 Å². The Kier molecular flexibility index (Phi) is 8.07. The first-order valence-corrected chi connectivity index (χ1v) is 7.37. The van der Waals surface area contributed by atoms with Crippen LogP contribution in [0.15, 0.2) is 18.2 Å². The molecule has 0 amide bonds. The highest BCUT2D eigenvalue weighted by atomic mass is 16.5. The van der Waals surface area contributed by atoms with Crippen molar-refractivity contribution in [2.24, 2.45) is 5.92 Å². The van der Waals surface area contributed by atoms with E-state index < -0.39 is 0 Å². The largest absolute Gasteiger partial charge is 0.493 e. The van der Waals surface area contributed by atoms with Gasteiger partial charge in [0.25, 0.3) is 0 Å². The molecule has 0 bridgehead atoms. The molecule has 20 heavy (non-hydrogen) atoms. The van der Waals surface area contributed by atoms with E-state index in [1.165, 1.54) is 0 Å². The van der Waals surface area contributed by atoms with Crippen LogP contribution >= 0.6 is 0 Å². The summed E-state index contributed by atoms with van der Waals surface area (Å²) in [5, 5.41) is 12.4. The zero-order valence-electron chi connectivity index (χ0n) is 12.8. The van der Waals surface area contributed by atoms with E-state index in [0.29, 0.717) is 12.5 Å². The van der Waals surface area contributed by atoms with Crippen LogP contribution in [-0.2, 0) is 6.54 Å². The summed E-state index contributed by atoms with van der Waals surface area (Å²) in [6.45, 7) is 6.64. The van der Waals surface area contributed by atoms with E-state index in [9.17, 15) is 0 Å². The second kappa shape index (κ2) is 9.61. The van der Waals surface area contributed by atoms with Crippen LogP contribution in [0.1, 0.15) is 32.3 Å². The molecule has 0 aliphatic heterocycles. The lowest BCUT2D eigenvalue weighted by molar-refractivity contribution is 0.251. The second-order valence-corrected chi connectivity index (χ2v) is 4.80. The van der Waals surface area contributed by atoms with Crippen LogP contribution < -0.4 is 14.8 Å². The number of para-hydroxylation sites is 1. The highest BCUT2D eigenvalue weighted by Gasteiger charge is 2.10. The summed E-state index contributed by atoms with van der Waals surface area (Å²) >= 11 is 0. The quantitative estimate of drug-likeness (QED) is 0.692. The lowest BCUT2D eigenvalue weighted by Gasteiger charge is -2.17. The Morgan fingerprint density at radius 2 is 2.10 bits per heavy atom. The van der Waals surface area contributed by atoms with Crippen molar-refractivity contribution in [3.63, 3.8) is 0 Å². The number of methoxy groups -OCH3 is 1. The number of nitrogens with one attached hydrogen (secondary N) is 1. The molecular weight excluding hydrogens is 254 g/mol. The van der Waals surface area contributed by atoms with Crippen molar-refractivity contribution in [3.05, 3.63) is 23.8 Å². The van der Waals surface area contributed by atoms with Gasteiger partial charge < -0.3 is 19.9 Å². The number of rotatable bonds is 10. The zero-order chi connectivity index (χ0) is 14.8. The van der Waals surface area contributed by atoms with Gasteiger partial charge in [-0.15, -0.1) is 0 Å². The molecule has 0 fully saturated rings. The lowest BCUT2D eigenvalue weighted by Crippen LogP contribution is -2.23. The van der Waals surface area contributed by atoms with Gasteiger partial charge in [0.05, 0.1) is 13.7 Å². The third kappa shape index (κ3) is 5.02. The smallest absolute Gasteiger partial charge is 0.165 e. The Bertz CT molecular complexity index is 382. The van der Waals surface area contributed by atoms with Crippen molar-refractivity contribution in [3.8, 4) is 11.5 Å². The van der Waals surface area contributed by atoms with E-state index in [4.69, 9.17) is 14.6 Å². The molecule has 0 saturated carbocycles. The zero-order valence-corrected chi connectivity index (χ0v) is 12.8. The van der Waals surface area contributed by atoms with E-state index in [2.05, 4.69) is 12.2 Å². The number of aliphatic hydroxyl groups is 1. The fraction of sp³-hybridized carbons (Fsp3) is 0.625. The van der Waals surface area contributed by atoms with Crippen molar-refractivity contribution in [2.75, 3.05) is 26.9 Å². The van der Waals surface area contributed by atoms with E-state index in [1.54, 1.807) is 7.11 Å². The molecule has 4 heteroatoms. The molecule has 1 aromatic rings. The highest BCUT2D eigenvalue weighted by Crippen LogP contribution is 2.30. The predicted octanol–water partition coefficient (Wildman–Crippen LogP) is 2.59. The van der Waals surface area contributed by atoms with Gasteiger partial charge in [-0.05, 0) is 31.9 Å². The SMILES string of the molecule is CCOc1cccc(CNCC(CC)CCO)c1OC. The number of hydrogen-bond donors (Lipinski definition) is 2. The van der Waals surface area contributed by atoms with Gasteiger partial charge in [0.2, 0.25) is 0 Å². The molecule has 0 saturated heterocycles. The van der Waals surface area contributed by atoms with E-state index in [0.717, 1.165) is 43.0 Å². The van der Waals surface area contributed by atoms with Crippen LogP contribution in [-0.4, -0.2) is 32.0 Å². The van der Waals surface area contributed by atoms with Crippen LogP contribution in [0.2, 0.25) is 0 Å². The van der Waals surface area contributed by atoms with Gasteiger partial charge in [0.1, 0.15) is 0 Å². The Balaban J connectivity index is 2.60. The topological polar surface area (TPSA) is 50.7 Å². The van der Waals surface area contributed by atoms with Gasteiger partial charge in [-0.25, -0.2) is 0 Å². The van der Waals surface area contributed by atoms with Crippen LogP contribution in [0.25, 0.3) is 0 Å². The van der Waals surface area contributed by atoms with E-state index in [-0.39, 0.29) is 6.61 Å². The van der Waals surface area contributed by atoms with E-state index in [1.807, 2.05) is 25.1 Å². The predicted molar refractivity (Wildman–Crippen MR) is 81.4 cm³/mol. The summed E-state index contributed by atoms with van der Waals surface area (Å²) in [6.07, 6.45) is 1.92. The van der Waals surface area contributed by atoms with Crippen LogP contribution in [0.4, 0.5) is 0 Å². The number of hydrogen-bond acceptors (Lipinski definition) is 4.